The van der Waals surface area contributed by atoms with Crippen molar-refractivity contribution in [3.05, 3.63) is 15.9 Å². The molecule has 1 aromatic rings. The Kier molecular flexibility index (Phi) is 4.98. The summed E-state index contributed by atoms with van der Waals surface area (Å²) >= 11 is 6.57. The first-order chi connectivity index (χ1) is 6.67. The van der Waals surface area contributed by atoms with E-state index in [-0.39, 0.29) is 11.2 Å². The van der Waals surface area contributed by atoms with E-state index in [2.05, 4.69) is 15.9 Å². The van der Waals surface area contributed by atoms with Crippen LogP contribution in [0.15, 0.2) is 20.1 Å². The quantitative estimate of drug-likeness (QED) is 0.627. The summed E-state index contributed by atoms with van der Waals surface area (Å²) in [6.45, 7) is 1.98. The van der Waals surface area contributed by atoms with Crippen LogP contribution < -0.4 is 0 Å². The Labute approximate surface area is 100 Å². The highest BCUT2D eigenvalue weighted by Crippen LogP contribution is 2.34. The first kappa shape index (κ1) is 12.1. The fourth-order valence-corrected chi connectivity index (χ4v) is 3.97. The van der Waals surface area contributed by atoms with Crippen molar-refractivity contribution in [2.45, 2.75) is 22.8 Å². The topological polar surface area (TPSA) is 26.3 Å². The van der Waals surface area contributed by atoms with Crippen LogP contribution in [0.2, 0.25) is 0 Å². The van der Waals surface area contributed by atoms with Gasteiger partial charge in [0, 0.05) is 0 Å². The van der Waals surface area contributed by atoms with Crippen LogP contribution >= 0.6 is 39.0 Å². The van der Waals surface area contributed by atoms with Crippen LogP contribution in [0.4, 0.5) is 0 Å². The van der Waals surface area contributed by atoms with Gasteiger partial charge in [-0.15, -0.1) is 23.1 Å². The zero-order chi connectivity index (χ0) is 10.6. The van der Waals surface area contributed by atoms with Gasteiger partial charge in [0.05, 0.1) is 15.1 Å². The third-order valence-corrected chi connectivity index (χ3v) is 4.78. The highest BCUT2D eigenvalue weighted by molar-refractivity contribution is 9.11. The SMILES string of the molecule is CCC(Sc1ccc(Br)s1)C(=O)OC. The molecule has 14 heavy (non-hydrogen) atoms. The van der Waals surface area contributed by atoms with Crippen LogP contribution in [0.5, 0.6) is 0 Å². The number of hydrogen-bond donors (Lipinski definition) is 0. The molecule has 0 aliphatic carbocycles. The predicted octanol–water partition coefficient (Wildman–Crippen LogP) is 3.55. The molecule has 1 atom stereocenters. The van der Waals surface area contributed by atoms with E-state index in [0.717, 1.165) is 14.4 Å². The highest BCUT2D eigenvalue weighted by atomic mass is 79.9. The maximum atomic E-state index is 11.3. The van der Waals surface area contributed by atoms with Crippen LogP contribution in [0.3, 0.4) is 0 Å². The molecule has 0 amide bonds. The Morgan fingerprint density at radius 3 is 2.86 bits per heavy atom. The van der Waals surface area contributed by atoms with Crippen LogP contribution in [0.25, 0.3) is 0 Å². The van der Waals surface area contributed by atoms with Crippen LogP contribution in [0.1, 0.15) is 13.3 Å². The lowest BCUT2D eigenvalue weighted by Crippen LogP contribution is -2.17. The summed E-state index contributed by atoms with van der Waals surface area (Å²) in [6, 6.07) is 3.99. The molecule has 0 fully saturated rings. The number of methoxy groups -OCH3 is 1. The van der Waals surface area contributed by atoms with Gasteiger partial charge in [-0.25, -0.2) is 0 Å². The summed E-state index contributed by atoms with van der Waals surface area (Å²) in [5.41, 5.74) is 0. The first-order valence-corrected chi connectivity index (χ1v) is 6.66. The number of halogens is 1. The average molecular weight is 295 g/mol. The van der Waals surface area contributed by atoms with E-state index in [4.69, 9.17) is 4.74 Å². The van der Waals surface area contributed by atoms with Gasteiger partial charge in [-0.3, -0.25) is 4.79 Å². The van der Waals surface area contributed by atoms with Crippen LogP contribution in [-0.2, 0) is 9.53 Å². The monoisotopic (exact) mass is 294 g/mol. The average Bonchev–Trinajstić information content (AvgIpc) is 2.59. The zero-order valence-electron chi connectivity index (χ0n) is 7.95. The molecule has 0 aliphatic heterocycles. The smallest absolute Gasteiger partial charge is 0.319 e. The molecule has 0 radical (unpaired) electrons. The van der Waals surface area contributed by atoms with E-state index in [9.17, 15) is 4.79 Å². The molecule has 1 rings (SSSR count). The number of hydrogen-bond acceptors (Lipinski definition) is 4. The Morgan fingerprint density at radius 2 is 2.43 bits per heavy atom. The summed E-state index contributed by atoms with van der Waals surface area (Å²) in [6.07, 6.45) is 0.785. The van der Waals surface area contributed by atoms with Gasteiger partial charge >= 0.3 is 5.97 Å². The molecule has 0 aliphatic rings. The molecule has 1 unspecified atom stereocenters. The largest absolute Gasteiger partial charge is 0.468 e. The maximum absolute atomic E-state index is 11.3. The third-order valence-electron chi connectivity index (χ3n) is 1.64. The zero-order valence-corrected chi connectivity index (χ0v) is 11.2. The molecule has 5 heteroatoms. The number of carbonyl (C=O) groups excluding carboxylic acids is 1. The number of thiophene rings is 1. The predicted molar refractivity (Wildman–Crippen MR) is 64.0 cm³/mol. The second kappa shape index (κ2) is 5.78. The van der Waals surface area contributed by atoms with E-state index in [1.54, 1.807) is 23.1 Å². The minimum absolute atomic E-state index is 0.0921. The van der Waals surface area contributed by atoms with Crippen molar-refractivity contribution >= 4 is 45.0 Å². The molecular weight excluding hydrogens is 284 g/mol. The maximum Gasteiger partial charge on any atom is 0.319 e. The summed E-state index contributed by atoms with van der Waals surface area (Å²) < 4.78 is 6.93. The van der Waals surface area contributed by atoms with Crippen molar-refractivity contribution in [3.8, 4) is 0 Å². The highest BCUT2D eigenvalue weighted by Gasteiger charge is 2.18. The van der Waals surface area contributed by atoms with E-state index in [1.807, 2.05) is 19.1 Å². The van der Waals surface area contributed by atoms with E-state index >= 15 is 0 Å². The first-order valence-electron chi connectivity index (χ1n) is 4.17. The molecule has 0 saturated heterocycles. The van der Waals surface area contributed by atoms with Gasteiger partial charge in [0.25, 0.3) is 0 Å². The summed E-state index contributed by atoms with van der Waals surface area (Å²) in [5, 5.41) is -0.0921. The Morgan fingerprint density at radius 1 is 1.71 bits per heavy atom. The van der Waals surface area contributed by atoms with Crippen molar-refractivity contribution in [2.24, 2.45) is 0 Å². The molecule has 78 valence electrons. The van der Waals surface area contributed by atoms with Gasteiger partial charge in [0.2, 0.25) is 0 Å². The summed E-state index contributed by atoms with van der Waals surface area (Å²) in [4.78, 5) is 11.3. The molecule has 0 spiro atoms. The third kappa shape index (κ3) is 3.29. The Bertz CT molecular complexity index is 312. The molecule has 1 heterocycles. The minimum Gasteiger partial charge on any atom is -0.468 e. The second-order valence-corrected chi connectivity index (χ2v) is 6.56. The van der Waals surface area contributed by atoms with E-state index in [0.29, 0.717) is 0 Å². The lowest BCUT2D eigenvalue weighted by molar-refractivity contribution is -0.140. The summed E-state index contributed by atoms with van der Waals surface area (Å²) in [7, 11) is 1.43. The molecule has 0 bridgehead atoms. The van der Waals surface area contributed by atoms with Crippen LogP contribution in [-0.4, -0.2) is 18.3 Å². The number of thioether (sulfide) groups is 1. The lowest BCUT2D eigenvalue weighted by Gasteiger charge is -2.09. The Hall–Kier alpha value is -0.000000000000000111. The van der Waals surface area contributed by atoms with Crippen LogP contribution in [0, 0.1) is 0 Å². The van der Waals surface area contributed by atoms with Gasteiger partial charge in [-0.2, -0.15) is 0 Å². The van der Waals surface area contributed by atoms with Crippen molar-refractivity contribution in [1.29, 1.82) is 0 Å². The molecule has 1 aromatic heterocycles. The summed E-state index contributed by atoms with van der Waals surface area (Å²) in [5.74, 6) is -0.151. The Balaban J connectivity index is 2.61. The number of rotatable bonds is 4. The van der Waals surface area contributed by atoms with Gasteiger partial charge in [0.15, 0.2) is 0 Å². The lowest BCUT2D eigenvalue weighted by atomic mass is 10.3. The van der Waals surface area contributed by atoms with E-state index < -0.39 is 0 Å². The fourth-order valence-electron chi connectivity index (χ4n) is 0.931. The van der Waals surface area contributed by atoms with E-state index in [1.165, 1.54) is 7.11 Å². The van der Waals surface area contributed by atoms with Crippen molar-refractivity contribution < 1.29 is 9.53 Å². The molecule has 2 nitrogen and oxygen atoms in total. The van der Waals surface area contributed by atoms with Crippen molar-refractivity contribution in [2.75, 3.05) is 7.11 Å². The van der Waals surface area contributed by atoms with Gasteiger partial charge in [-0.05, 0) is 34.5 Å². The minimum atomic E-state index is -0.151. The normalized spacial score (nSPS) is 12.5. The number of esters is 1. The molecule has 0 saturated carbocycles. The number of ether oxygens (including phenoxy) is 1. The number of carbonyl (C=O) groups is 1. The van der Waals surface area contributed by atoms with Gasteiger partial charge in [-0.1, -0.05) is 6.92 Å². The van der Waals surface area contributed by atoms with Gasteiger partial charge < -0.3 is 4.74 Å². The van der Waals surface area contributed by atoms with Crippen molar-refractivity contribution in [3.63, 3.8) is 0 Å². The second-order valence-electron chi connectivity index (χ2n) is 2.60. The molecule has 0 N–H and O–H groups in total. The van der Waals surface area contributed by atoms with Crippen molar-refractivity contribution in [1.82, 2.24) is 0 Å². The molecule has 0 aromatic carbocycles. The standard InChI is InChI=1S/C9H11BrO2S2/c1-3-6(9(11)12-2)13-8-5-4-7(10)14-8/h4-6H,3H2,1-2H3. The van der Waals surface area contributed by atoms with Gasteiger partial charge in [0.1, 0.15) is 5.25 Å². The molecular formula is C9H11BrO2S2. The fraction of sp³-hybridized carbons (Fsp3) is 0.444.